The van der Waals surface area contributed by atoms with Gasteiger partial charge in [-0.1, -0.05) is 24.3 Å². The zero-order valence-electron chi connectivity index (χ0n) is 11.8. The van der Waals surface area contributed by atoms with Crippen molar-refractivity contribution in [1.82, 2.24) is 0 Å². The van der Waals surface area contributed by atoms with Gasteiger partial charge in [-0.2, -0.15) is 0 Å². The summed E-state index contributed by atoms with van der Waals surface area (Å²) in [5.41, 5.74) is 1.49. The molecule has 110 valence electrons. The van der Waals surface area contributed by atoms with Crippen molar-refractivity contribution in [2.75, 3.05) is 0 Å². The third-order valence-corrected chi connectivity index (χ3v) is 2.72. The highest BCUT2D eigenvalue weighted by Gasteiger charge is 2.02. The average Bonchev–Trinajstić information content (AvgIpc) is 2.54. The summed E-state index contributed by atoms with van der Waals surface area (Å²) in [5, 5.41) is 25.7. The van der Waals surface area contributed by atoms with Gasteiger partial charge in [-0.15, -0.1) is 15.8 Å². The predicted molar refractivity (Wildman–Crippen MR) is 80.5 cm³/mol. The van der Waals surface area contributed by atoms with Gasteiger partial charge >= 0.3 is 0 Å². The summed E-state index contributed by atoms with van der Waals surface area (Å²) >= 11 is 0. The van der Waals surface area contributed by atoms with Gasteiger partial charge in [0.25, 0.3) is 18.8 Å². The van der Waals surface area contributed by atoms with Crippen LogP contribution in [-0.2, 0) is 0 Å². The van der Waals surface area contributed by atoms with Crippen LogP contribution in [0.2, 0.25) is 0 Å². The number of hydrogen-bond donors (Lipinski definition) is 0. The van der Waals surface area contributed by atoms with Gasteiger partial charge in [0.15, 0.2) is 0 Å². The summed E-state index contributed by atoms with van der Waals surface area (Å²) in [6, 6.07) is 11.6. The van der Waals surface area contributed by atoms with E-state index in [4.69, 9.17) is 30.0 Å². The first kappa shape index (κ1) is 15.4. The van der Waals surface area contributed by atoms with E-state index in [1.807, 2.05) is 6.07 Å². The fourth-order valence-corrected chi connectivity index (χ4v) is 1.84. The lowest BCUT2D eigenvalue weighted by molar-refractivity contribution is 0.483. The Labute approximate surface area is 132 Å². The highest BCUT2D eigenvalue weighted by Crippen LogP contribution is 2.24. The minimum Gasteiger partial charge on any atom is -0.388 e. The Hall–Kier alpha value is -3.95. The van der Waals surface area contributed by atoms with E-state index in [1.54, 1.807) is 61.2 Å². The van der Waals surface area contributed by atoms with Gasteiger partial charge in [0, 0.05) is 6.07 Å². The minimum atomic E-state index is 0.265. The molecule has 0 N–H and O–H groups in total. The molecular weight excluding hydrogens is 294 g/mol. The number of rotatable bonds is 5. The third kappa shape index (κ3) is 4.53. The molecule has 23 heavy (non-hydrogen) atoms. The van der Waals surface area contributed by atoms with Crippen LogP contribution in [0.15, 0.2) is 42.5 Å². The maximum atomic E-state index is 8.58. The molecule has 0 heterocycles. The van der Waals surface area contributed by atoms with Crippen molar-refractivity contribution in [1.29, 1.82) is 15.8 Å². The SMILES string of the molecule is N#COc1cccc(/C=C/c2cc(OC#N)cc(OC#N)c2)c1. The van der Waals surface area contributed by atoms with E-state index < -0.39 is 0 Å². The normalized spacial score (nSPS) is 9.43. The van der Waals surface area contributed by atoms with Crippen LogP contribution in [0, 0.1) is 34.6 Å². The van der Waals surface area contributed by atoms with Crippen molar-refractivity contribution in [2.24, 2.45) is 0 Å². The zero-order chi connectivity index (χ0) is 16.5. The van der Waals surface area contributed by atoms with Crippen molar-refractivity contribution >= 4 is 12.2 Å². The number of ether oxygens (including phenoxy) is 3. The molecule has 0 amide bonds. The van der Waals surface area contributed by atoms with Crippen LogP contribution in [0.5, 0.6) is 17.2 Å². The molecule has 2 aromatic rings. The maximum absolute atomic E-state index is 8.58. The molecule has 6 heteroatoms. The largest absolute Gasteiger partial charge is 0.388 e. The maximum Gasteiger partial charge on any atom is 0.292 e. The first-order valence-electron chi connectivity index (χ1n) is 6.36. The molecule has 0 atom stereocenters. The van der Waals surface area contributed by atoms with Crippen molar-refractivity contribution in [3.05, 3.63) is 53.6 Å². The first-order chi connectivity index (χ1) is 11.2. The molecule has 0 aliphatic heterocycles. The number of nitriles is 3. The van der Waals surface area contributed by atoms with Gasteiger partial charge in [-0.3, -0.25) is 0 Å². The molecule has 0 aromatic heterocycles. The number of hydrogen-bond acceptors (Lipinski definition) is 6. The summed E-state index contributed by atoms with van der Waals surface area (Å²) in [4.78, 5) is 0. The van der Waals surface area contributed by atoms with E-state index in [0.717, 1.165) is 5.56 Å². The van der Waals surface area contributed by atoms with Gasteiger partial charge < -0.3 is 14.2 Å². The lowest BCUT2D eigenvalue weighted by Gasteiger charge is -2.03. The quantitative estimate of drug-likeness (QED) is 0.619. The van der Waals surface area contributed by atoms with Crippen molar-refractivity contribution < 1.29 is 14.2 Å². The summed E-state index contributed by atoms with van der Waals surface area (Å²) in [6.07, 6.45) is 8.28. The summed E-state index contributed by atoms with van der Waals surface area (Å²) < 4.78 is 14.3. The van der Waals surface area contributed by atoms with Crippen LogP contribution < -0.4 is 14.2 Å². The second kappa shape index (κ2) is 7.73. The Kier molecular flexibility index (Phi) is 5.19. The Morgan fingerprint density at radius 1 is 0.652 bits per heavy atom. The third-order valence-electron chi connectivity index (χ3n) is 2.72. The summed E-state index contributed by atoms with van der Waals surface area (Å²) in [7, 11) is 0. The van der Waals surface area contributed by atoms with Crippen LogP contribution in [-0.4, -0.2) is 0 Å². The van der Waals surface area contributed by atoms with Gasteiger partial charge in [0.05, 0.1) is 0 Å². The van der Waals surface area contributed by atoms with Gasteiger partial charge in [0.1, 0.15) is 17.2 Å². The standard InChI is InChI=1S/C17H9N3O3/c18-10-21-15-3-1-2-13(6-15)4-5-14-7-16(22-11-19)9-17(8-14)23-12-20/h1-9H/b5-4+. The monoisotopic (exact) mass is 303 g/mol. The molecule has 0 bridgehead atoms. The van der Waals surface area contributed by atoms with Crippen molar-refractivity contribution in [3.63, 3.8) is 0 Å². The van der Waals surface area contributed by atoms with E-state index in [9.17, 15) is 0 Å². The van der Waals surface area contributed by atoms with Crippen LogP contribution in [0.4, 0.5) is 0 Å². The van der Waals surface area contributed by atoms with E-state index >= 15 is 0 Å². The fourth-order valence-electron chi connectivity index (χ4n) is 1.84. The second-order valence-electron chi connectivity index (χ2n) is 4.22. The topological polar surface area (TPSA) is 99.1 Å². The van der Waals surface area contributed by atoms with Crippen molar-refractivity contribution in [2.45, 2.75) is 0 Å². The van der Waals surface area contributed by atoms with Crippen LogP contribution in [0.3, 0.4) is 0 Å². The van der Waals surface area contributed by atoms with E-state index in [0.29, 0.717) is 11.3 Å². The molecule has 0 fully saturated rings. The molecule has 6 nitrogen and oxygen atoms in total. The lowest BCUT2D eigenvalue weighted by atomic mass is 10.1. The summed E-state index contributed by atoms with van der Waals surface area (Å²) in [6.45, 7) is 0. The number of nitrogens with zero attached hydrogens (tertiary/aromatic N) is 3. The molecule has 0 saturated carbocycles. The van der Waals surface area contributed by atoms with E-state index in [2.05, 4.69) is 0 Å². The molecule has 0 spiro atoms. The molecule has 0 radical (unpaired) electrons. The highest BCUT2D eigenvalue weighted by molar-refractivity contribution is 5.71. The summed E-state index contributed by atoms with van der Waals surface area (Å²) in [5.74, 6) is 0.965. The molecule has 0 aliphatic rings. The first-order valence-corrected chi connectivity index (χ1v) is 6.36. The molecule has 0 unspecified atom stereocenters. The van der Waals surface area contributed by atoms with Crippen molar-refractivity contribution in [3.8, 4) is 36.0 Å². The molecular formula is C17H9N3O3. The average molecular weight is 303 g/mol. The van der Waals surface area contributed by atoms with E-state index in [-0.39, 0.29) is 11.5 Å². The smallest absolute Gasteiger partial charge is 0.292 e. The Morgan fingerprint density at radius 2 is 1.17 bits per heavy atom. The molecule has 2 aromatic carbocycles. The number of benzene rings is 2. The lowest BCUT2D eigenvalue weighted by Crippen LogP contribution is -1.87. The van der Waals surface area contributed by atoms with Crippen LogP contribution in [0.1, 0.15) is 11.1 Å². The van der Waals surface area contributed by atoms with Crippen LogP contribution in [0.25, 0.3) is 12.2 Å². The Bertz CT molecular complexity index is 820. The molecule has 0 aliphatic carbocycles. The van der Waals surface area contributed by atoms with E-state index in [1.165, 1.54) is 6.07 Å². The van der Waals surface area contributed by atoms with Gasteiger partial charge in [-0.25, -0.2) is 0 Å². The molecule has 0 saturated heterocycles. The van der Waals surface area contributed by atoms with Gasteiger partial charge in [0.2, 0.25) is 0 Å². The zero-order valence-corrected chi connectivity index (χ0v) is 11.8. The Morgan fingerprint density at radius 3 is 1.78 bits per heavy atom. The molecule has 2 rings (SSSR count). The fraction of sp³-hybridized carbons (Fsp3) is 0. The van der Waals surface area contributed by atoms with Crippen LogP contribution >= 0.6 is 0 Å². The highest BCUT2D eigenvalue weighted by atomic mass is 16.5. The predicted octanol–water partition coefficient (Wildman–Crippen LogP) is 3.44. The van der Waals surface area contributed by atoms with Gasteiger partial charge in [-0.05, 0) is 35.4 Å². The Balaban J connectivity index is 2.28. The minimum absolute atomic E-state index is 0.265. The second-order valence-corrected chi connectivity index (χ2v) is 4.22.